The zero-order chi connectivity index (χ0) is 18.7. The third kappa shape index (κ3) is 8.71. The number of hydrogen-bond donors (Lipinski definition) is 0. The van der Waals surface area contributed by atoms with Crippen molar-refractivity contribution in [3.8, 4) is 0 Å². The molecule has 2 rings (SSSR count). The molecule has 4 heteroatoms. The van der Waals surface area contributed by atoms with Crippen molar-refractivity contribution in [2.45, 2.75) is 83.1 Å². The zero-order valence-electron chi connectivity index (χ0n) is 16.0. The maximum absolute atomic E-state index is 8.12. The van der Waals surface area contributed by atoms with Gasteiger partial charge in [-0.3, -0.25) is 0 Å². The van der Waals surface area contributed by atoms with Crippen molar-refractivity contribution in [1.29, 1.82) is 0 Å². The normalized spacial score (nSPS) is 16.2. The van der Waals surface area contributed by atoms with Crippen LogP contribution in [0.2, 0.25) is 0 Å². The summed E-state index contributed by atoms with van der Waals surface area (Å²) in [7, 11) is 0. The van der Waals surface area contributed by atoms with E-state index in [-0.39, 0.29) is 6.15 Å². The van der Waals surface area contributed by atoms with E-state index in [0.29, 0.717) is 17.9 Å². The molecule has 0 spiro atoms. The van der Waals surface area contributed by atoms with Crippen LogP contribution in [-0.4, -0.2) is 12.3 Å². The second-order valence-corrected chi connectivity index (χ2v) is 8.40. The van der Waals surface area contributed by atoms with Gasteiger partial charge in [-0.15, -0.1) is 0 Å². The van der Waals surface area contributed by atoms with Crippen LogP contribution in [-0.2, 0) is 13.8 Å². The van der Waals surface area contributed by atoms with Gasteiger partial charge >= 0.3 is 6.15 Å². The summed E-state index contributed by atoms with van der Waals surface area (Å²) in [5.41, 5.74) is 1.48. The van der Waals surface area contributed by atoms with Gasteiger partial charge < -0.3 is 4.18 Å². The van der Waals surface area contributed by atoms with E-state index < -0.39 is 0 Å². The lowest BCUT2D eigenvalue weighted by Gasteiger charge is -2.24. The molecule has 25 heavy (non-hydrogen) atoms. The molecule has 0 heterocycles. The molecule has 1 aromatic rings. The summed E-state index contributed by atoms with van der Waals surface area (Å²) in [6.07, 6.45) is 8.48. The zero-order valence-corrected chi connectivity index (χ0v) is 16.8. The van der Waals surface area contributed by atoms with Crippen molar-refractivity contribution < 1.29 is 13.8 Å². The standard InChI is InChI=1S/C20H32OS.CO2/c1-15(2)14-20(16(3)4)17-10-12-19(13-11-17)22-21-18-8-6-5-7-9-18;2-1-3/h10-13,15-16,18,20H,5-9,14H2,1-4H3;. The van der Waals surface area contributed by atoms with Crippen molar-refractivity contribution >= 4 is 18.2 Å². The molecule has 0 N–H and O–H groups in total. The minimum Gasteiger partial charge on any atom is -0.307 e. The third-order valence-electron chi connectivity index (χ3n) is 4.67. The molecule has 0 radical (unpaired) electrons. The summed E-state index contributed by atoms with van der Waals surface area (Å²) >= 11 is 1.57. The molecule has 1 aliphatic carbocycles. The molecule has 0 aliphatic heterocycles. The number of rotatable bonds is 7. The summed E-state index contributed by atoms with van der Waals surface area (Å²) in [6.45, 7) is 9.30. The van der Waals surface area contributed by atoms with Crippen molar-refractivity contribution in [3.63, 3.8) is 0 Å². The quantitative estimate of drug-likeness (QED) is 0.537. The van der Waals surface area contributed by atoms with Crippen molar-refractivity contribution in [1.82, 2.24) is 0 Å². The smallest absolute Gasteiger partial charge is 0.307 e. The van der Waals surface area contributed by atoms with Crippen LogP contribution in [0.1, 0.15) is 77.7 Å². The molecule has 1 saturated carbocycles. The Bertz CT molecular complexity index is 498. The summed E-state index contributed by atoms with van der Waals surface area (Å²) in [5, 5.41) is 0. The van der Waals surface area contributed by atoms with Gasteiger partial charge in [0, 0.05) is 16.9 Å². The average Bonchev–Trinajstić information content (AvgIpc) is 2.60. The molecule has 0 saturated heterocycles. The molecule has 1 aromatic carbocycles. The van der Waals surface area contributed by atoms with Gasteiger partial charge in [-0.25, -0.2) is 0 Å². The molecule has 0 bridgehead atoms. The van der Waals surface area contributed by atoms with Crippen LogP contribution >= 0.6 is 12.0 Å². The van der Waals surface area contributed by atoms with Crippen molar-refractivity contribution in [3.05, 3.63) is 29.8 Å². The van der Waals surface area contributed by atoms with E-state index in [2.05, 4.69) is 52.0 Å². The second-order valence-electron chi connectivity index (χ2n) is 7.57. The van der Waals surface area contributed by atoms with Crippen molar-refractivity contribution in [2.24, 2.45) is 11.8 Å². The van der Waals surface area contributed by atoms with Gasteiger partial charge in [-0.05, 0) is 54.7 Å². The van der Waals surface area contributed by atoms with Gasteiger partial charge in [-0.2, -0.15) is 9.59 Å². The van der Waals surface area contributed by atoms with Gasteiger partial charge in [-0.1, -0.05) is 59.1 Å². The van der Waals surface area contributed by atoms with Crippen LogP contribution in [0.15, 0.2) is 29.2 Å². The predicted octanol–water partition coefficient (Wildman–Crippen LogP) is 6.25. The Kier molecular flexibility index (Phi) is 10.8. The topological polar surface area (TPSA) is 43.4 Å². The minimum atomic E-state index is 0.250. The van der Waals surface area contributed by atoms with E-state index in [1.807, 2.05) is 0 Å². The molecule has 1 atom stereocenters. The minimum absolute atomic E-state index is 0.250. The molecule has 1 aliphatic rings. The van der Waals surface area contributed by atoms with Crippen LogP contribution in [0.5, 0.6) is 0 Å². The SMILES string of the molecule is CC(C)CC(c1ccc(SOC2CCCCC2)cc1)C(C)C.O=C=O. The number of hydrogen-bond acceptors (Lipinski definition) is 4. The van der Waals surface area contributed by atoms with Crippen LogP contribution in [0.25, 0.3) is 0 Å². The Hall–Kier alpha value is -1.09. The molecular weight excluding hydrogens is 332 g/mol. The average molecular weight is 365 g/mol. The molecule has 1 fully saturated rings. The first kappa shape index (κ1) is 22.0. The highest BCUT2D eigenvalue weighted by atomic mass is 32.2. The maximum Gasteiger partial charge on any atom is 0.373 e. The monoisotopic (exact) mass is 364 g/mol. The first-order valence-corrected chi connectivity index (χ1v) is 10.1. The molecule has 140 valence electrons. The maximum atomic E-state index is 8.12. The lowest BCUT2D eigenvalue weighted by atomic mass is 9.82. The Balaban J connectivity index is 0.000000970. The van der Waals surface area contributed by atoms with Gasteiger partial charge in [0.05, 0.1) is 6.10 Å². The first-order valence-electron chi connectivity index (χ1n) is 9.40. The highest BCUT2D eigenvalue weighted by molar-refractivity contribution is 7.94. The van der Waals surface area contributed by atoms with Gasteiger partial charge in [0.2, 0.25) is 0 Å². The van der Waals surface area contributed by atoms with Crippen LogP contribution in [0.4, 0.5) is 0 Å². The van der Waals surface area contributed by atoms with Crippen LogP contribution in [0, 0.1) is 11.8 Å². The van der Waals surface area contributed by atoms with E-state index >= 15 is 0 Å². The fourth-order valence-corrected chi connectivity index (χ4v) is 4.04. The van der Waals surface area contributed by atoms with Gasteiger partial charge in [0.15, 0.2) is 0 Å². The largest absolute Gasteiger partial charge is 0.373 e. The lowest BCUT2D eigenvalue weighted by molar-refractivity contribution is -0.191. The summed E-state index contributed by atoms with van der Waals surface area (Å²) < 4.78 is 6.00. The second kappa shape index (κ2) is 12.3. The lowest BCUT2D eigenvalue weighted by Crippen LogP contribution is -2.13. The molecule has 1 unspecified atom stereocenters. The Morgan fingerprint density at radius 3 is 2.08 bits per heavy atom. The first-order chi connectivity index (χ1) is 12.0. The summed E-state index contributed by atoms with van der Waals surface area (Å²) in [6, 6.07) is 9.08. The third-order valence-corrected chi connectivity index (χ3v) is 5.50. The summed E-state index contributed by atoms with van der Waals surface area (Å²) in [4.78, 5) is 17.5. The molecule has 0 aromatic heterocycles. The molecular formula is C21H32O3S. The molecule has 3 nitrogen and oxygen atoms in total. The number of carbonyl (C=O) groups excluding carboxylic acids is 2. The van der Waals surface area contributed by atoms with Gasteiger partial charge in [0.25, 0.3) is 0 Å². The Labute approximate surface area is 157 Å². The van der Waals surface area contributed by atoms with E-state index in [1.54, 1.807) is 12.0 Å². The Morgan fingerprint density at radius 1 is 1.04 bits per heavy atom. The van der Waals surface area contributed by atoms with E-state index in [0.717, 1.165) is 5.92 Å². The Morgan fingerprint density at radius 2 is 1.60 bits per heavy atom. The van der Waals surface area contributed by atoms with Gasteiger partial charge in [0.1, 0.15) is 0 Å². The number of benzene rings is 1. The fraction of sp³-hybridized carbons (Fsp3) is 0.667. The summed E-state index contributed by atoms with van der Waals surface area (Å²) in [5.74, 6) is 2.11. The van der Waals surface area contributed by atoms with E-state index in [4.69, 9.17) is 13.8 Å². The predicted molar refractivity (Wildman–Crippen MR) is 102 cm³/mol. The highest BCUT2D eigenvalue weighted by Gasteiger charge is 2.18. The fourth-order valence-electron chi connectivity index (χ4n) is 3.36. The van der Waals surface area contributed by atoms with E-state index in [1.165, 1.54) is 49.0 Å². The highest BCUT2D eigenvalue weighted by Crippen LogP contribution is 2.33. The van der Waals surface area contributed by atoms with Crippen LogP contribution in [0.3, 0.4) is 0 Å². The van der Waals surface area contributed by atoms with Crippen LogP contribution < -0.4 is 0 Å². The molecule has 0 amide bonds. The van der Waals surface area contributed by atoms with Crippen molar-refractivity contribution in [2.75, 3.05) is 0 Å². The van der Waals surface area contributed by atoms with E-state index in [9.17, 15) is 0 Å².